The zero-order chi connectivity index (χ0) is 13.4. The van der Waals surface area contributed by atoms with Crippen molar-refractivity contribution < 1.29 is 18.3 Å². The van der Waals surface area contributed by atoms with E-state index in [4.69, 9.17) is 9.15 Å². The van der Waals surface area contributed by atoms with Crippen LogP contribution in [0.2, 0.25) is 0 Å². The Labute approximate surface area is 109 Å². The summed E-state index contributed by atoms with van der Waals surface area (Å²) < 4.78 is 24.1. The fraction of sp³-hybridized carbons (Fsp3) is 0.357. The molecule has 4 nitrogen and oxygen atoms in total. The van der Waals surface area contributed by atoms with E-state index in [1.165, 1.54) is 4.90 Å². The molecule has 0 N–H and O–H groups in total. The van der Waals surface area contributed by atoms with E-state index in [-0.39, 0.29) is 24.9 Å². The number of amides is 1. The Bertz CT molecular complexity index is 577. The number of ether oxygens (including phenoxy) is 1. The maximum absolute atomic E-state index is 13.6. The summed E-state index contributed by atoms with van der Waals surface area (Å²) in [4.78, 5) is 13.6. The molecular formula is C14H14FNO3. The third-order valence-electron chi connectivity index (χ3n) is 3.44. The molecule has 1 aromatic carbocycles. The molecule has 1 fully saturated rings. The number of alkyl halides is 1. The molecule has 1 amide bonds. The van der Waals surface area contributed by atoms with Gasteiger partial charge < -0.3 is 14.1 Å². The normalized spacial score (nSPS) is 22.8. The Morgan fingerprint density at radius 1 is 1.37 bits per heavy atom. The van der Waals surface area contributed by atoms with Gasteiger partial charge in [0.2, 0.25) is 0 Å². The highest BCUT2D eigenvalue weighted by molar-refractivity contribution is 5.96. The van der Waals surface area contributed by atoms with E-state index in [0.717, 1.165) is 5.39 Å². The minimum Gasteiger partial charge on any atom is -0.451 e. The van der Waals surface area contributed by atoms with Crippen LogP contribution in [0, 0.1) is 0 Å². The molecule has 1 saturated heterocycles. The molecule has 2 aromatic rings. The van der Waals surface area contributed by atoms with Gasteiger partial charge in [0, 0.05) is 12.4 Å². The lowest BCUT2D eigenvalue weighted by Gasteiger charge is -2.23. The number of hydrogen-bond acceptors (Lipinski definition) is 3. The molecule has 2 atom stereocenters. The summed E-state index contributed by atoms with van der Waals surface area (Å²) >= 11 is 0. The first kappa shape index (κ1) is 12.2. The van der Waals surface area contributed by atoms with Crippen molar-refractivity contribution in [3.63, 3.8) is 0 Å². The first-order valence-corrected chi connectivity index (χ1v) is 6.14. The number of rotatable bonds is 2. The van der Waals surface area contributed by atoms with Crippen molar-refractivity contribution in [1.29, 1.82) is 0 Å². The molecular weight excluding hydrogens is 249 g/mol. The average Bonchev–Trinajstić information content (AvgIpc) is 3.02. The van der Waals surface area contributed by atoms with Crippen molar-refractivity contribution in [2.24, 2.45) is 0 Å². The van der Waals surface area contributed by atoms with Gasteiger partial charge in [0.05, 0.1) is 19.3 Å². The number of likely N-dealkylation sites (N-methyl/N-ethyl adjacent to an activating group) is 1. The highest BCUT2D eigenvalue weighted by Crippen LogP contribution is 2.22. The molecule has 0 aliphatic carbocycles. The van der Waals surface area contributed by atoms with Gasteiger partial charge in [-0.25, -0.2) is 4.39 Å². The van der Waals surface area contributed by atoms with Crippen LogP contribution in [0.4, 0.5) is 4.39 Å². The van der Waals surface area contributed by atoms with E-state index in [1.54, 1.807) is 19.2 Å². The van der Waals surface area contributed by atoms with Crippen molar-refractivity contribution >= 4 is 16.9 Å². The average molecular weight is 263 g/mol. The Morgan fingerprint density at radius 3 is 2.84 bits per heavy atom. The summed E-state index contributed by atoms with van der Waals surface area (Å²) in [5, 5.41) is 0.860. The third kappa shape index (κ3) is 2.10. The predicted octanol–water partition coefficient (Wildman–Crippen LogP) is 2.24. The van der Waals surface area contributed by atoms with Crippen LogP contribution >= 0.6 is 0 Å². The number of fused-ring (bicyclic) bond motifs is 1. The fourth-order valence-corrected chi connectivity index (χ4v) is 2.28. The lowest BCUT2D eigenvalue weighted by Crippen LogP contribution is -2.42. The smallest absolute Gasteiger partial charge is 0.289 e. The maximum Gasteiger partial charge on any atom is 0.289 e. The van der Waals surface area contributed by atoms with Gasteiger partial charge in [0.15, 0.2) is 5.76 Å². The third-order valence-corrected chi connectivity index (χ3v) is 3.44. The van der Waals surface area contributed by atoms with Crippen LogP contribution in [-0.2, 0) is 4.74 Å². The predicted molar refractivity (Wildman–Crippen MR) is 67.8 cm³/mol. The van der Waals surface area contributed by atoms with Gasteiger partial charge in [-0.3, -0.25) is 4.79 Å². The number of para-hydroxylation sites is 1. The van der Waals surface area contributed by atoms with Crippen LogP contribution in [0.3, 0.4) is 0 Å². The number of hydrogen-bond donors (Lipinski definition) is 0. The van der Waals surface area contributed by atoms with E-state index in [0.29, 0.717) is 5.58 Å². The first-order valence-electron chi connectivity index (χ1n) is 6.14. The molecule has 0 bridgehead atoms. The van der Waals surface area contributed by atoms with Crippen molar-refractivity contribution in [2.75, 3.05) is 20.3 Å². The number of carbonyl (C=O) groups is 1. The monoisotopic (exact) mass is 263 g/mol. The Hall–Kier alpha value is -1.88. The fourth-order valence-electron chi connectivity index (χ4n) is 2.28. The van der Waals surface area contributed by atoms with Gasteiger partial charge in [0.1, 0.15) is 11.8 Å². The van der Waals surface area contributed by atoms with E-state index in [9.17, 15) is 9.18 Å². The molecule has 0 saturated carbocycles. The molecule has 19 heavy (non-hydrogen) atoms. The summed E-state index contributed by atoms with van der Waals surface area (Å²) in [7, 11) is 1.57. The van der Waals surface area contributed by atoms with Gasteiger partial charge in [-0.15, -0.1) is 0 Å². The number of carbonyl (C=O) groups excluding carboxylic acids is 1. The van der Waals surface area contributed by atoms with Gasteiger partial charge in [-0.1, -0.05) is 18.2 Å². The highest BCUT2D eigenvalue weighted by Gasteiger charge is 2.35. The Morgan fingerprint density at radius 2 is 2.16 bits per heavy atom. The number of halogens is 1. The van der Waals surface area contributed by atoms with E-state index < -0.39 is 12.2 Å². The summed E-state index contributed by atoms with van der Waals surface area (Å²) in [6, 6.07) is 8.51. The zero-order valence-corrected chi connectivity index (χ0v) is 10.5. The SMILES string of the molecule is CN(C(=O)c1cc2ccccc2o1)C1COCC1F. The van der Waals surface area contributed by atoms with E-state index in [2.05, 4.69) is 0 Å². The second-order valence-electron chi connectivity index (χ2n) is 4.69. The Kier molecular flexibility index (Phi) is 2.98. The second kappa shape index (κ2) is 4.66. The molecule has 5 heteroatoms. The molecule has 3 rings (SSSR count). The van der Waals surface area contributed by atoms with Gasteiger partial charge >= 0.3 is 0 Å². The summed E-state index contributed by atoms with van der Waals surface area (Å²) in [6.07, 6.45) is -1.14. The minimum atomic E-state index is -1.14. The van der Waals surface area contributed by atoms with Crippen molar-refractivity contribution in [1.82, 2.24) is 4.90 Å². The van der Waals surface area contributed by atoms with E-state index >= 15 is 0 Å². The molecule has 0 spiro atoms. The van der Waals surface area contributed by atoms with Crippen LogP contribution in [0.1, 0.15) is 10.6 Å². The lowest BCUT2D eigenvalue weighted by molar-refractivity contribution is 0.0643. The molecule has 0 radical (unpaired) electrons. The summed E-state index contributed by atoms with van der Waals surface area (Å²) in [5.74, 6) is -0.0999. The molecule has 2 heterocycles. The maximum atomic E-state index is 13.6. The molecule has 1 aromatic heterocycles. The molecule has 1 aliphatic heterocycles. The lowest BCUT2D eigenvalue weighted by atomic mass is 10.2. The quantitative estimate of drug-likeness (QED) is 0.834. The number of nitrogens with zero attached hydrogens (tertiary/aromatic N) is 1. The molecule has 1 aliphatic rings. The van der Waals surface area contributed by atoms with Crippen LogP contribution < -0.4 is 0 Å². The van der Waals surface area contributed by atoms with Crippen LogP contribution in [0.5, 0.6) is 0 Å². The van der Waals surface area contributed by atoms with Crippen molar-refractivity contribution in [2.45, 2.75) is 12.2 Å². The number of benzene rings is 1. The zero-order valence-electron chi connectivity index (χ0n) is 10.5. The molecule has 100 valence electrons. The van der Waals surface area contributed by atoms with E-state index in [1.807, 2.05) is 18.2 Å². The Balaban J connectivity index is 1.86. The van der Waals surface area contributed by atoms with Crippen molar-refractivity contribution in [3.8, 4) is 0 Å². The molecule has 2 unspecified atom stereocenters. The summed E-state index contributed by atoms with van der Waals surface area (Å²) in [5.41, 5.74) is 0.652. The number of furan rings is 1. The van der Waals surface area contributed by atoms with Gasteiger partial charge in [-0.05, 0) is 12.1 Å². The van der Waals surface area contributed by atoms with Crippen LogP contribution in [-0.4, -0.2) is 43.3 Å². The van der Waals surface area contributed by atoms with Gasteiger partial charge in [0.25, 0.3) is 5.91 Å². The standard InChI is InChI=1S/C14H14FNO3/c1-16(11-8-18-7-10(11)15)14(17)13-6-9-4-2-3-5-12(9)19-13/h2-6,10-11H,7-8H2,1H3. The van der Waals surface area contributed by atoms with Gasteiger partial charge in [-0.2, -0.15) is 0 Å². The second-order valence-corrected chi connectivity index (χ2v) is 4.69. The largest absolute Gasteiger partial charge is 0.451 e. The van der Waals surface area contributed by atoms with Crippen molar-refractivity contribution in [3.05, 3.63) is 36.1 Å². The minimum absolute atomic E-state index is 0.0441. The van der Waals surface area contributed by atoms with Crippen LogP contribution in [0.25, 0.3) is 11.0 Å². The topological polar surface area (TPSA) is 42.7 Å². The van der Waals surface area contributed by atoms with Crippen LogP contribution in [0.15, 0.2) is 34.7 Å². The summed E-state index contributed by atoms with van der Waals surface area (Å²) in [6.45, 7) is 0.270. The highest BCUT2D eigenvalue weighted by atomic mass is 19.1. The first-order chi connectivity index (χ1) is 9.16.